The first kappa shape index (κ1) is 17.6. The lowest BCUT2D eigenvalue weighted by Gasteiger charge is -2.19. The maximum Gasteiger partial charge on any atom is 0.422 e. The molecule has 9 heteroatoms. The van der Waals surface area contributed by atoms with Crippen molar-refractivity contribution in [1.82, 2.24) is 9.88 Å². The van der Waals surface area contributed by atoms with Crippen LogP contribution in [0, 0.1) is 11.6 Å². The van der Waals surface area contributed by atoms with Crippen LogP contribution in [0.15, 0.2) is 30.5 Å². The summed E-state index contributed by atoms with van der Waals surface area (Å²) in [5, 5.41) is 0. The Morgan fingerprint density at radius 2 is 1.88 bits per heavy atom. The van der Waals surface area contributed by atoms with Crippen LogP contribution < -0.4 is 5.73 Å². The van der Waals surface area contributed by atoms with Crippen LogP contribution in [0.1, 0.15) is 21.5 Å². The number of alkyl halides is 3. The smallest absolute Gasteiger partial charge is 0.384 e. The van der Waals surface area contributed by atoms with E-state index in [2.05, 4.69) is 4.98 Å². The fourth-order valence-corrected chi connectivity index (χ4v) is 2.06. The first-order chi connectivity index (χ1) is 11.1. The summed E-state index contributed by atoms with van der Waals surface area (Å²) in [6, 6.07) is 4.14. The number of nitrogen functional groups attached to an aromatic ring is 1. The van der Waals surface area contributed by atoms with Crippen LogP contribution >= 0.6 is 0 Å². The van der Waals surface area contributed by atoms with E-state index in [9.17, 15) is 26.7 Å². The molecule has 1 amide bonds. The molecular weight excluding hydrogens is 333 g/mol. The van der Waals surface area contributed by atoms with Gasteiger partial charge in [0.25, 0.3) is 5.91 Å². The maximum absolute atomic E-state index is 14.0. The first-order valence-electron chi connectivity index (χ1n) is 6.62. The Kier molecular flexibility index (Phi) is 4.72. The van der Waals surface area contributed by atoms with Crippen LogP contribution in [0.2, 0.25) is 0 Å². The topological polar surface area (TPSA) is 59.2 Å². The number of benzene rings is 1. The van der Waals surface area contributed by atoms with Crippen molar-refractivity contribution in [3.63, 3.8) is 0 Å². The fourth-order valence-electron chi connectivity index (χ4n) is 2.06. The van der Waals surface area contributed by atoms with E-state index in [-0.39, 0.29) is 12.4 Å². The van der Waals surface area contributed by atoms with Gasteiger partial charge in [-0.25, -0.2) is 13.8 Å². The highest BCUT2D eigenvalue weighted by Crippen LogP contribution is 2.34. The molecule has 0 radical (unpaired) electrons. The molecule has 2 aromatic rings. The van der Waals surface area contributed by atoms with Crippen molar-refractivity contribution in [1.29, 1.82) is 0 Å². The summed E-state index contributed by atoms with van der Waals surface area (Å²) in [4.78, 5) is 17.0. The van der Waals surface area contributed by atoms with Crippen molar-refractivity contribution >= 4 is 11.7 Å². The maximum atomic E-state index is 14.0. The molecule has 128 valence electrons. The summed E-state index contributed by atoms with van der Waals surface area (Å²) in [5.41, 5.74) is 3.00. The molecule has 0 aliphatic rings. The molecule has 0 unspecified atom stereocenters. The number of carbonyl (C=O) groups is 1. The number of nitrogens with two attached hydrogens (primary N) is 1. The van der Waals surface area contributed by atoms with E-state index in [0.29, 0.717) is 17.7 Å². The normalized spacial score (nSPS) is 11.4. The minimum Gasteiger partial charge on any atom is -0.384 e. The van der Waals surface area contributed by atoms with Gasteiger partial charge < -0.3 is 10.6 Å². The zero-order valence-corrected chi connectivity index (χ0v) is 12.4. The van der Waals surface area contributed by atoms with Crippen LogP contribution in [0.25, 0.3) is 0 Å². The molecule has 0 saturated carbocycles. The average Bonchev–Trinajstić information content (AvgIpc) is 2.47. The molecule has 0 fully saturated rings. The van der Waals surface area contributed by atoms with E-state index >= 15 is 0 Å². The van der Waals surface area contributed by atoms with E-state index in [1.54, 1.807) is 6.07 Å². The predicted molar refractivity (Wildman–Crippen MR) is 75.8 cm³/mol. The second-order valence-electron chi connectivity index (χ2n) is 5.03. The highest BCUT2D eigenvalue weighted by Gasteiger charge is 2.39. The van der Waals surface area contributed by atoms with Gasteiger partial charge in [-0.1, -0.05) is 6.07 Å². The third-order valence-electron chi connectivity index (χ3n) is 3.22. The van der Waals surface area contributed by atoms with E-state index in [1.165, 1.54) is 19.3 Å². The minimum absolute atomic E-state index is 0.0374. The van der Waals surface area contributed by atoms with E-state index < -0.39 is 34.8 Å². The van der Waals surface area contributed by atoms with Gasteiger partial charge in [0.15, 0.2) is 5.82 Å². The first-order valence-corrected chi connectivity index (χ1v) is 6.62. The highest BCUT2D eigenvalue weighted by atomic mass is 19.4. The Balaban J connectivity index is 2.31. The highest BCUT2D eigenvalue weighted by molar-refractivity contribution is 5.94. The van der Waals surface area contributed by atoms with Gasteiger partial charge in [-0.3, -0.25) is 4.79 Å². The molecule has 0 spiro atoms. The van der Waals surface area contributed by atoms with Crippen molar-refractivity contribution in [2.45, 2.75) is 12.7 Å². The minimum atomic E-state index is -5.25. The molecule has 24 heavy (non-hydrogen) atoms. The van der Waals surface area contributed by atoms with Crippen molar-refractivity contribution < 1.29 is 26.7 Å². The van der Waals surface area contributed by atoms with Gasteiger partial charge in [-0.2, -0.15) is 13.2 Å². The van der Waals surface area contributed by atoms with Gasteiger partial charge in [0.1, 0.15) is 17.2 Å². The third-order valence-corrected chi connectivity index (χ3v) is 3.22. The van der Waals surface area contributed by atoms with Gasteiger partial charge in [0, 0.05) is 19.8 Å². The van der Waals surface area contributed by atoms with Crippen molar-refractivity contribution in [2.75, 3.05) is 12.8 Å². The number of halogens is 5. The Hall–Kier alpha value is -2.71. The number of hydrogen-bond acceptors (Lipinski definition) is 3. The van der Waals surface area contributed by atoms with Crippen molar-refractivity contribution in [3.8, 4) is 0 Å². The Bertz CT molecular complexity index is 759. The lowest BCUT2D eigenvalue weighted by atomic mass is 10.1. The van der Waals surface area contributed by atoms with Crippen molar-refractivity contribution in [2.24, 2.45) is 0 Å². The number of anilines is 1. The summed E-state index contributed by atoms with van der Waals surface area (Å²) in [6.45, 7) is -0.0374. The second-order valence-corrected chi connectivity index (χ2v) is 5.03. The van der Waals surface area contributed by atoms with Crippen LogP contribution in [0.5, 0.6) is 0 Å². The van der Waals surface area contributed by atoms with Gasteiger partial charge in [-0.05, 0) is 23.8 Å². The van der Waals surface area contributed by atoms with Crippen LogP contribution in [0.4, 0.5) is 27.8 Å². The fraction of sp³-hybridized carbons (Fsp3) is 0.200. The zero-order valence-electron chi connectivity index (χ0n) is 12.4. The van der Waals surface area contributed by atoms with Crippen LogP contribution in [-0.2, 0) is 12.7 Å². The summed E-state index contributed by atoms with van der Waals surface area (Å²) < 4.78 is 65.4. The number of pyridine rings is 1. The van der Waals surface area contributed by atoms with Gasteiger partial charge >= 0.3 is 6.18 Å². The summed E-state index contributed by atoms with van der Waals surface area (Å²) in [7, 11) is 1.27. The molecule has 0 aliphatic heterocycles. The lowest BCUT2D eigenvalue weighted by molar-refractivity contribution is -0.142. The molecule has 1 heterocycles. The van der Waals surface area contributed by atoms with Gasteiger partial charge in [-0.15, -0.1) is 0 Å². The Morgan fingerprint density at radius 3 is 2.42 bits per heavy atom. The van der Waals surface area contributed by atoms with Crippen LogP contribution in [-0.4, -0.2) is 22.8 Å². The standard InChI is InChI=1S/C15H12F5N3O/c1-23(7-8-2-5-11(21)22-6-8)14(24)9-3-4-10(16)12(13(9)17)15(18,19)20/h2-6H,7H2,1H3,(H2,21,22). The summed E-state index contributed by atoms with van der Waals surface area (Å²) in [5.74, 6) is -4.47. The average molecular weight is 345 g/mol. The molecule has 1 aromatic heterocycles. The number of amides is 1. The molecule has 0 bridgehead atoms. The number of aromatic nitrogens is 1. The molecule has 4 nitrogen and oxygen atoms in total. The summed E-state index contributed by atoms with van der Waals surface area (Å²) in [6.07, 6.45) is -3.87. The Labute approximate surface area is 133 Å². The van der Waals surface area contributed by atoms with Crippen molar-refractivity contribution in [3.05, 3.63) is 58.8 Å². The molecule has 2 N–H and O–H groups in total. The molecule has 1 aromatic carbocycles. The molecule has 2 rings (SSSR count). The SMILES string of the molecule is CN(Cc1ccc(N)nc1)C(=O)c1ccc(F)c(C(F)(F)F)c1F. The number of rotatable bonds is 3. The lowest BCUT2D eigenvalue weighted by Crippen LogP contribution is -2.28. The number of nitrogens with zero attached hydrogens (tertiary/aromatic N) is 2. The quantitative estimate of drug-likeness (QED) is 0.869. The predicted octanol–water partition coefficient (Wildman–Crippen LogP) is 3.23. The second kappa shape index (κ2) is 6.42. The van der Waals surface area contributed by atoms with Gasteiger partial charge in [0.2, 0.25) is 0 Å². The van der Waals surface area contributed by atoms with Crippen LogP contribution in [0.3, 0.4) is 0 Å². The van der Waals surface area contributed by atoms with E-state index in [0.717, 1.165) is 4.90 Å². The van der Waals surface area contributed by atoms with E-state index in [4.69, 9.17) is 5.73 Å². The molecule has 0 saturated heterocycles. The molecular formula is C15H12F5N3O. The molecule has 0 atom stereocenters. The van der Waals surface area contributed by atoms with Gasteiger partial charge in [0.05, 0.1) is 5.56 Å². The number of hydrogen-bond donors (Lipinski definition) is 1. The third kappa shape index (κ3) is 3.61. The zero-order chi connectivity index (χ0) is 18.1. The molecule has 0 aliphatic carbocycles. The summed E-state index contributed by atoms with van der Waals surface area (Å²) >= 11 is 0. The monoisotopic (exact) mass is 345 g/mol. The largest absolute Gasteiger partial charge is 0.422 e. The van der Waals surface area contributed by atoms with E-state index in [1.807, 2.05) is 0 Å². The Morgan fingerprint density at radius 1 is 1.21 bits per heavy atom. The number of carbonyl (C=O) groups excluding carboxylic acids is 1.